The van der Waals surface area contributed by atoms with Gasteiger partial charge in [0.15, 0.2) is 5.69 Å². The smallest absolute Gasteiger partial charge is 0.272 e. The van der Waals surface area contributed by atoms with E-state index >= 15 is 0 Å². The molecule has 26 heavy (non-hydrogen) atoms. The average Bonchev–Trinajstić information content (AvgIpc) is 3.05. The van der Waals surface area contributed by atoms with Gasteiger partial charge in [0.1, 0.15) is 0 Å². The summed E-state index contributed by atoms with van der Waals surface area (Å²) < 4.78 is 0.737. The molecule has 1 aromatic heterocycles. The van der Waals surface area contributed by atoms with Gasteiger partial charge in [-0.15, -0.1) is 0 Å². The van der Waals surface area contributed by atoms with E-state index in [2.05, 4.69) is 69.6 Å². The number of carbonyl (C=O) groups is 1. The Morgan fingerprint density at radius 2 is 1.58 bits per heavy atom. The summed E-state index contributed by atoms with van der Waals surface area (Å²) in [4.78, 5) is 12.6. The van der Waals surface area contributed by atoms with E-state index in [9.17, 15) is 4.79 Å². The summed E-state index contributed by atoms with van der Waals surface area (Å²) >= 11 is 3.49. The number of aromatic amines is 1. The molecule has 0 atom stereocenters. The topological polar surface area (TPSA) is 57.8 Å². The lowest BCUT2D eigenvalue weighted by Gasteiger charge is -2.18. The van der Waals surface area contributed by atoms with E-state index in [1.54, 1.807) is 0 Å². The second-order valence-corrected chi connectivity index (χ2v) is 7.33. The molecule has 0 bridgehead atoms. The van der Waals surface area contributed by atoms with Gasteiger partial charge in [-0.3, -0.25) is 9.89 Å². The molecule has 0 fully saturated rings. The third kappa shape index (κ3) is 4.05. The summed E-state index contributed by atoms with van der Waals surface area (Å²) in [6.45, 7) is 4.62. The first-order valence-corrected chi connectivity index (χ1v) is 9.49. The Labute approximate surface area is 162 Å². The molecule has 0 aliphatic heterocycles. The predicted molar refractivity (Wildman–Crippen MR) is 107 cm³/mol. The van der Waals surface area contributed by atoms with Gasteiger partial charge in [0.2, 0.25) is 0 Å². The van der Waals surface area contributed by atoms with E-state index in [-0.39, 0.29) is 17.7 Å². The third-order valence-electron chi connectivity index (χ3n) is 4.40. The summed E-state index contributed by atoms with van der Waals surface area (Å²) in [5.41, 5.74) is 3.66. The molecule has 134 valence electrons. The van der Waals surface area contributed by atoms with E-state index in [0.717, 1.165) is 10.2 Å². The van der Waals surface area contributed by atoms with Crippen LogP contribution in [0, 0.1) is 0 Å². The van der Waals surface area contributed by atoms with Crippen LogP contribution < -0.4 is 5.32 Å². The molecule has 0 saturated heterocycles. The van der Waals surface area contributed by atoms with Crippen molar-refractivity contribution in [3.05, 3.63) is 87.7 Å². The van der Waals surface area contributed by atoms with Crippen molar-refractivity contribution in [1.82, 2.24) is 15.5 Å². The van der Waals surface area contributed by atoms with Crippen LogP contribution in [0.4, 0.5) is 0 Å². The number of benzene rings is 2. The molecule has 2 aromatic carbocycles. The Balaban J connectivity index is 1.79. The summed E-state index contributed by atoms with van der Waals surface area (Å²) in [5.74, 6) is 0.167. The maximum Gasteiger partial charge on any atom is 0.272 e. The monoisotopic (exact) mass is 411 g/mol. The fraction of sp³-hybridized carbons (Fsp3) is 0.238. The van der Waals surface area contributed by atoms with Crippen molar-refractivity contribution in [1.29, 1.82) is 0 Å². The van der Waals surface area contributed by atoms with Gasteiger partial charge in [0, 0.05) is 12.5 Å². The molecule has 0 radical (unpaired) electrons. The van der Waals surface area contributed by atoms with Crippen LogP contribution >= 0.6 is 15.9 Å². The number of hydrogen-bond acceptors (Lipinski definition) is 2. The SMILES string of the molecule is CC(C)c1[nH]nc(C(=O)NCC(c2ccccc2)c2ccccc2)c1Br. The highest BCUT2D eigenvalue weighted by atomic mass is 79.9. The van der Waals surface area contributed by atoms with Crippen LogP contribution in [-0.4, -0.2) is 22.6 Å². The standard InChI is InChI=1S/C21H22BrN3O/c1-14(2)19-18(22)20(25-24-19)21(26)23-13-17(15-9-5-3-6-10-15)16-11-7-4-8-12-16/h3-12,14,17H,13H2,1-2H3,(H,23,26)(H,24,25). The molecule has 0 unspecified atom stereocenters. The number of H-pyrrole nitrogens is 1. The average molecular weight is 412 g/mol. The van der Waals surface area contributed by atoms with E-state index in [1.807, 2.05) is 36.4 Å². The Morgan fingerprint density at radius 3 is 2.04 bits per heavy atom. The third-order valence-corrected chi connectivity index (χ3v) is 5.20. The number of hydrogen-bond donors (Lipinski definition) is 2. The molecule has 5 heteroatoms. The molecule has 0 aliphatic rings. The van der Waals surface area contributed by atoms with Crippen LogP contribution in [0.15, 0.2) is 65.1 Å². The summed E-state index contributed by atoms with van der Waals surface area (Å²) in [5, 5.41) is 10.2. The predicted octanol–water partition coefficient (Wildman–Crippen LogP) is 4.86. The Kier molecular flexibility index (Phi) is 5.89. The maximum absolute atomic E-state index is 12.6. The summed E-state index contributed by atoms with van der Waals surface area (Å²) in [6, 6.07) is 20.4. The van der Waals surface area contributed by atoms with Gasteiger partial charge in [0.25, 0.3) is 5.91 Å². The lowest BCUT2D eigenvalue weighted by atomic mass is 9.91. The molecule has 3 rings (SSSR count). The van der Waals surface area contributed by atoms with Crippen molar-refractivity contribution < 1.29 is 4.79 Å². The largest absolute Gasteiger partial charge is 0.350 e. The van der Waals surface area contributed by atoms with Crippen LogP contribution in [-0.2, 0) is 0 Å². The first-order chi connectivity index (χ1) is 12.6. The molecule has 2 N–H and O–H groups in total. The van der Waals surface area contributed by atoms with Gasteiger partial charge in [-0.2, -0.15) is 5.10 Å². The summed E-state index contributed by atoms with van der Waals surface area (Å²) in [7, 11) is 0. The van der Waals surface area contributed by atoms with Crippen molar-refractivity contribution >= 4 is 21.8 Å². The molecule has 0 aliphatic carbocycles. The Bertz CT molecular complexity index is 820. The lowest BCUT2D eigenvalue weighted by molar-refractivity contribution is 0.0946. The van der Waals surface area contributed by atoms with Crippen molar-refractivity contribution in [2.75, 3.05) is 6.54 Å². The number of carbonyl (C=O) groups excluding carboxylic acids is 1. The van der Waals surface area contributed by atoms with Crippen molar-refractivity contribution in [2.45, 2.75) is 25.7 Å². The van der Waals surface area contributed by atoms with Crippen LogP contribution in [0.2, 0.25) is 0 Å². The number of nitrogens with zero attached hydrogens (tertiary/aromatic N) is 1. The molecule has 3 aromatic rings. The molecule has 0 saturated carbocycles. The number of nitrogens with one attached hydrogen (secondary N) is 2. The zero-order chi connectivity index (χ0) is 18.5. The number of rotatable bonds is 6. The van der Waals surface area contributed by atoms with E-state index in [4.69, 9.17) is 0 Å². The van der Waals surface area contributed by atoms with Crippen molar-refractivity contribution in [2.24, 2.45) is 0 Å². The van der Waals surface area contributed by atoms with Crippen molar-refractivity contribution in [3.8, 4) is 0 Å². The molecular weight excluding hydrogens is 390 g/mol. The number of aromatic nitrogens is 2. The minimum absolute atomic E-state index is 0.0867. The van der Waals surface area contributed by atoms with E-state index in [1.165, 1.54) is 11.1 Å². The normalized spacial score (nSPS) is 11.1. The second kappa shape index (κ2) is 8.32. The second-order valence-electron chi connectivity index (χ2n) is 6.54. The number of amides is 1. The fourth-order valence-electron chi connectivity index (χ4n) is 2.95. The van der Waals surface area contributed by atoms with E-state index in [0.29, 0.717) is 12.2 Å². The van der Waals surface area contributed by atoms with Crippen molar-refractivity contribution in [3.63, 3.8) is 0 Å². The fourth-order valence-corrected chi connectivity index (χ4v) is 3.77. The highest BCUT2D eigenvalue weighted by molar-refractivity contribution is 9.10. The minimum atomic E-state index is -0.183. The van der Waals surface area contributed by atoms with Gasteiger partial charge < -0.3 is 5.32 Å². The molecular formula is C21H22BrN3O. The minimum Gasteiger partial charge on any atom is -0.350 e. The highest BCUT2D eigenvalue weighted by Crippen LogP contribution is 2.26. The van der Waals surface area contributed by atoms with Gasteiger partial charge in [-0.25, -0.2) is 0 Å². The van der Waals surface area contributed by atoms with Gasteiger partial charge in [-0.05, 0) is 33.0 Å². The van der Waals surface area contributed by atoms with E-state index < -0.39 is 0 Å². The number of halogens is 1. The van der Waals surface area contributed by atoms with Crippen LogP contribution in [0.5, 0.6) is 0 Å². The highest BCUT2D eigenvalue weighted by Gasteiger charge is 2.21. The molecule has 0 spiro atoms. The van der Waals surface area contributed by atoms with Gasteiger partial charge >= 0.3 is 0 Å². The lowest BCUT2D eigenvalue weighted by Crippen LogP contribution is -2.29. The first-order valence-electron chi connectivity index (χ1n) is 8.69. The van der Waals surface area contributed by atoms with Crippen LogP contribution in [0.1, 0.15) is 53.0 Å². The molecule has 4 nitrogen and oxygen atoms in total. The quantitative estimate of drug-likeness (QED) is 0.608. The maximum atomic E-state index is 12.6. The van der Waals surface area contributed by atoms with Gasteiger partial charge in [-0.1, -0.05) is 74.5 Å². The summed E-state index contributed by atoms with van der Waals surface area (Å²) in [6.07, 6.45) is 0. The Hall–Kier alpha value is -2.40. The van der Waals surface area contributed by atoms with Crippen LogP contribution in [0.25, 0.3) is 0 Å². The molecule has 1 amide bonds. The van der Waals surface area contributed by atoms with Crippen LogP contribution in [0.3, 0.4) is 0 Å². The molecule has 1 heterocycles. The zero-order valence-corrected chi connectivity index (χ0v) is 16.5. The Morgan fingerprint density at radius 1 is 1.04 bits per heavy atom. The first kappa shape index (κ1) is 18.4. The zero-order valence-electron chi connectivity index (χ0n) is 14.9. The van der Waals surface area contributed by atoms with Gasteiger partial charge in [0.05, 0.1) is 10.2 Å².